The van der Waals surface area contributed by atoms with Crippen LogP contribution < -0.4 is 5.32 Å². The fraction of sp³-hybridized carbons (Fsp3) is 0.923. The van der Waals surface area contributed by atoms with Crippen LogP contribution in [0.4, 0.5) is 0 Å². The number of hydrogen-bond acceptors (Lipinski definition) is 5. The molecule has 0 aliphatic carbocycles. The molecule has 0 aliphatic rings. The fourth-order valence-electron chi connectivity index (χ4n) is 1.65. The average Bonchev–Trinajstić information content (AvgIpc) is 2.38. The van der Waals surface area contributed by atoms with Gasteiger partial charge in [-0.3, -0.25) is 9.69 Å². The van der Waals surface area contributed by atoms with E-state index >= 15 is 0 Å². The Morgan fingerprint density at radius 1 is 1.21 bits per heavy atom. The molecular formula is C13H28N2O4. The van der Waals surface area contributed by atoms with Crippen LogP contribution in [0.25, 0.3) is 0 Å². The Hall–Kier alpha value is -0.690. The highest BCUT2D eigenvalue weighted by atomic mass is 16.5. The third-order valence-electron chi connectivity index (χ3n) is 3.08. The van der Waals surface area contributed by atoms with Crippen LogP contribution in [0.5, 0.6) is 0 Å². The number of carbonyl (C=O) groups is 1. The Kier molecular flexibility index (Phi) is 9.77. The molecule has 1 unspecified atom stereocenters. The number of hydrogen-bond donors (Lipinski definition) is 2. The average molecular weight is 276 g/mol. The quantitative estimate of drug-likeness (QED) is 0.504. The van der Waals surface area contributed by atoms with Crippen LogP contribution in [-0.4, -0.2) is 74.6 Å². The molecule has 0 fully saturated rings. The number of nitrogens with zero attached hydrogens (tertiary/aromatic N) is 1. The van der Waals surface area contributed by atoms with Gasteiger partial charge < -0.3 is 19.9 Å². The Bertz CT molecular complexity index is 241. The van der Waals surface area contributed by atoms with Crippen LogP contribution in [0.2, 0.25) is 0 Å². The maximum atomic E-state index is 11.3. The van der Waals surface area contributed by atoms with Crippen molar-refractivity contribution in [1.82, 2.24) is 10.2 Å². The molecule has 0 amide bonds. The molecule has 114 valence electrons. The topological polar surface area (TPSA) is 71.0 Å². The lowest BCUT2D eigenvalue weighted by molar-refractivity contribution is -0.145. The summed E-state index contributed by atoms with van der Waals surface area (Å²) < 4.78 is 10.7. The van der Waals surface area contributed by atoms with Crippen molar-refractivity contribution in [2.24, 2.45) is 0 Å². The SMILES string of the molecule is CCOCCN(CCOCC)CC(C)(NC)C(=O)O. The standard InChI is InChI=1S/C13H28N2O4/c1-5-18-9-7-15(8-10-19-6-2)11-13(3,14-4)12(16)17/h14H,5-11H2,1-4H3,(H,16,17). The van der Waals surface area contributed by atoms with Gasteiger partial charge in [-0.1, -0.05) is 0 Å². The second kappa shape index (κ2) is 10.1. The summed E-state index contributed by atoms with van der Waals surface area (Å²) in [5.41, 5.74) is -0.960. The molecule has 6 nitrogen and oxygen atoms in total. The molecule has 0 aromatic heterocycles. The minimum absolute atomic E-state index is 0.416. The second-order valence-corrected chi connectivity index (χ2v) is 4.56. The van der Waals surface area contributed by atoms with Crippen LogP contribution in [0.1, 0.15) is 20.8 Å². The predicted molar refractivity (Wildman–Crippen MR) is 74.5 cm³/mol. The summed E-state index contributed by atoms with van der Waals surface area (Å²) in [5, 5.41) is 12.1. The highest BCUT2D eigenvalue weighted by Crippen LogP contribution is 2.07. The maximum Gasteiger partial charge on any atom is 0.324 e. The van der Waals surface area contributed by atoms with Gasteiger partial charge in [0.1, 0.15) is 5.54 Å². The van der Waals surface area contributed by atoms with Gasteiger partial charge in [-0.2, -0.15) is 0 Å². The van der Waals surface area contributed by atoms with Crippen molar-refractivity contribution in [2.45, 2.75) is 26.3 Å². The molecule has 0 aliphatic heterocycles. The lowest BCUT2D eigenvalue weighted by Crippen LogP contribution is -2.56. The van der Waals surface area contributed by atoms with Gasteiger partial charge in [0.2, 0.25) is 0 Å². The zero-order valence-electron chi connectivity index (χ0n) is 12.6. The summed E-state index contributed by atoms with van der Waals surface area (Å²) in [6.07, 6.45) is 0. The Morgan fingerprint density at radius 3 is 2.00 bits per heavy atom. The normalized spacial score (nSPS) is 14.6. The van der Waals surface area contributed by atoms with E-state index in [2.05, 4.69) is 10.2 Å². The molecule has 1 atom stereocenters. The number of aliphatic carboxylic acids is 1. The third-order valence-corrected chi connectivity index (χ3v) is 3.08. The van der Waals surface area contributed by atoms with Gasteiger partial charge in [0.25, 0.3) is 0 Å². The van der Waals surface area contributed by atoms with E-state index in [1.54, 1.807) is 14.0 Å². The molecule has 0 spiro atoms. The van der Waals surface area contributed by atoms with Crippen molar-refractivity contribution in [3.05, 3.63) is 0 Å². The Morgan fingerprint density at radius 2 is 1.68 bits per heavy atom. The molecule has 0 radical (unpaired) electrons. The summed E-state index contributed by atoms with van der Waals surface area (Å²) in [5.74, 6) is -0.854. The number of nitrogens with one attached hydrogen (secondary N) is 1. The van der Waals surface area contributed by atoms with E-state index in [1.165, 1.54) is 0 Å². The van der Waals surface area contributed by atoms with Crippen molar-refractivity contribution < 1.29 is 19.4 Å². The van der Waals surface area contributed by atoms with Crippen LogP contribution in [-0.2, 0) is 14.3 Å². The lowest BCUT2D eigenvalue weighted by Gasteiger charge is -2.32. The van der Waals surface area contributed by atoms with Gasteiger partial charge in [-0.25, -0.2) is 0 Å². The number of rotatable bonds is 12. The molecule has 19 heavy (non-hydrogen) atoms. The number of carboxylic acids is 1. The number of ether oxygens (including phenoxy) is 2. The highest BCUT2D eigenvalue weighted by molar-refractivity contribution is 5.78. The van der Waals surface area contributed by atoms with Crippen LogP contribution in [0.15, 0.2) is 0 Å². The molecule has 0 heterocycles. The Balaban J connectivity index is 4.40. The van der Waals surface area contributed by atoms with E-state index in [-0.39, 0.29) is 0 Å². The number of likely N-dealkylation sites (N-methyl/N-ethyl adjacent to an activating group) is 1. The van der Waals surface area contributed by atoms with Gasteiger partial charge in [0.15, 0.2) is 0 Å². The maximum absolute atomic E-state index is 11.3. The predicted octanol–water partition coefficient (Wildman–Crippen LogP) is 0.424. The molecule has 0 rings (SSSR count). The van der Waals surface area contributed by atoms with E-state index in [9.17, 15) is 9.90 Å². The van der Waals surface area contributed by atoms with Crippen molar-refractivity contribution >= 4 is 5.97 Å². The van der Waals surface area contributed by atoms with Gasteiger partial charge >= 0.3 is 5.97 Å². The third kappa shape index (κ3) is 7.47. The van der Waals surface area contributed by atoms with Crippen molar-refractivity contribution in [2.75, 3.05) is 53.1 Å². The first kappa shape index (κ1) is 18.3. The van der Waals surface area contributed by atoms with Crippen LogP contribution >= 0.6 is 0 Å². The van der Waals surface area contributed by atoms with Crippen molar-refractivity contribution in [1.29, 1.82) is 0 Å². The highest BCUT2D eigenvalue weighted by Gasteiger charge is 2.33. The van der Waals surface area contributed by atoms with E-state index in [4.69, 9.17) is 9.47 Å². The Labute approximate surface area is 116 Å². The molecule has 0 bridgehead atoms. The summed E-state index contributed by atoms with van der Waals surface area (Å²) in [7, 11) is 1.66. The zero-order chi connectivity index (χ0) is 14.7. The van der Waals surface area contributed by atoms with Gasteiger partial charge in [0.05, 0.1) is 13.2 Å². The van der Waals surface area contributed by atoms with E-state index < -0.39 is 11.5 Å². The molecule has 0 aromatic carbocycles. The first-order chi connectivity index (χ1) is 9.00. The van der Waals surface area contributed by atoms with Gasteiger partial charge in [-0.05, 0) is 27.8 Å². The molecule has 6 heteroatoms. The molecule has 0 saturated heterocycles. The van der Waals surface area contributed by atoms with Gasteiger partial charge in [-0.15, -0.1) is 0 Å². The summed E-state index contributed by atoms with van der Waals surface area (Å²) in [4.78, 5) is 13.3. The minimum Gasteiger partial charge on any atom is -0.480 e. The van der Waals surface area contributed by atoms with Crippen molar-refractivity contribution in [3.8, 4) is 0 Å². The molecule has 2 N–H and O–H groups in total. The largest absolute Gasteiger partial charge is 0.480 e. The monoisotopic (exact) mass is 276 g/mol. The van der Waals surface area contributed by atoms with Crippen molar-refractivity contribution in [3.63, 3.8) is 0 Å². The summed E-state index contributed by atoms with van der Waals surface area (Å²) in [6.45, 7) is 9.92. The fourth-order valence-corrected chi connectivity index (χ4v) is 1.65. The van der Waals surface area contributed by atoms with Gasteiger partial charge in [0, 0.05) is 32.8 Å². The molecular weight excluding hydrogens is 248 g/mol. The second-order valence-electron chi connectivity index (χ2n) is 4.56. The smallest absolute Gasteiger partial charge is 0.324 e. The summed E-state index contributed by atoms with van der Waals surface area (Å²) >= 11 is 0. The van der Waals surface area contributed by atoms with E-state index in [0.717, 1.165) is 0 Å². The van der Waals surface area contributed by atoms with Crippen LogP contribution in [0.3, 0.4) is 0 Å². The number of carboxylic acid groups (broad SMARTS) is 1. The summed E-state index contributed by atoms with van der Waals surface area (Å²) in [6, 6.07) is 0. The van der Waals surface area contributed by atoms with E-state index in [1.807, 2.05) is 13.8 Å². The van der Waals surface area contributed by atoms with E-state index in [0.29, 0.717) is 46.1 Å². The molecule has 0 aromatic rings. The van der Waals surface area contributed by atoms with Crippen LogP contribution in [0, 0.1) is 0 Å². The minimum atomic E-state index is -0.960. The zero-order valence-corrected chi connectivity index (χ0v) is 12.6. The lowest BCUT2D eigenvalue weighted by atomic mass is 10.0. The molecule has 0 saturated carbocycles. The first-order valence-electron chi connectivity index (χ1n) is 6.80. The first-order valence-corrected chi connectivity index (χ1v) is 6.80.